The molecule has 0 radical (unpaired) electrons. The predicted octanol–water partition coefficient (Wildman–Crippen LogP) is 1.25. The van der Waals surface area contributed by atoms with Crippen molar-refractivity contribution in [1.82, 2.24) is 5.48 Å². The van der Waals surface area contributed by atoms with Gasteiger partial charge in [0, 0.05) is 5.56 Å². The quantitative estimate of drug-likeness (QED) is 0.644. The van der Waals surface area contributed by atoms with Gasteiger partial charge in [-0.1, -0.05) is 0 Å². The third-order valence-corrected chi connectivity index (χ3v) is 3.10. The molecule has 0 aromatic heterocycles. The van der Waals surface area contributed by atoms with Gasteiger partial charge in [-0.2, -0.15) is 0 Å². The van der Waals surface area contributed by atoms with Crippen molar-refractivity contribution in [2.75, 3.05) is 13.7 Å². The zero-order valence-electron chi connectivity index (χ0n) is 9.81. The number of benzene rings is 1. The Kier molecular flexibility index (Phi) is 4.01. The lowest BCUT2D eigenvalue weighted by molar-refractivity contribution is -0.130. The van der Waals surface area contributed by atoms with Crippen molar-refractivity contribution in [2.24, 2.45) is 4.99 Å². The van der Waals surface area contributed by atoms with Crippen LogP contribution < -0.4 is 10.2 Å². The summed E-state index contributed by atoms with van der Waals surface area (Å²) in [4.78, 5) is 15.1. The van der Waals surface area contributed by atoms with E-state index in [2.05, 4.69) is 20.9 Å². The maximum atomic E-state index is 13.7. The van der Waals surface area contributed by atoms with Gasteiger partial charge >= 0.3 is 0 Å². The van der Waals surface area contributed by atoms with Crippen molar-refractivity contribution in [2.45, 2.75) is 6.04 Å². The van der Waals surface area contributed by atoms with Crippen LogP contribution >= 0.6 is 15.9 Å². The first-order chi connectivity index (χ1) is 9.06. The van der Waals surface area contributed by atoms with E-state index in [1.165, 1.54) is 18.7 Å². The number of ether oxygens (including phenoxy) is 2. The van der Waals surface area contributed by atoms with E-state index in [-0.39, 0.29) is 18.3 Å². The first-order valence-electron chi connectivity index (χ1n) is 5.24. The average molecular weight is 333 g/mol. The Hall–Kier alpha value is -1.67. The molecule has 1 amide bonds. The molecule has 2 rings (SSSR count). The summed E-state index contributed by atoms with van der Waals surface area (Å²) in [6, 6.07) is 1.92. The number of aliphatic imine (C=N–C) groups is 1. The van der Waals surface area contributed by atoms with Gasteiger partial charge in [-0.15, -0.1) is 0 Å². The van der Waals surface area contributed by atoms with Crippen LogP contribution in [-0.4, -0.2) is 36.8 Å². The second-order valence-corrected chi connectivity index (χ2v) is 4.56. The molecule has 0 fully saturated rings. The first kappa shape index (κ1) is 13.8. The SMILES string of the molecule is COc1c(F)cc(C2=NC(C(=O)NO)CO2)cc1Br. The molecule has 0 saturated carbocycles. The molecule has 1 aromatic carbocycles. The summed E-state index contributed by atoms with van der Waals surface area (Å²) < 4.78 is 24.2. The summed E-state index contributed by atoms with van der Waals surface area (Å²) in [5.41, 5.74) is 1.86. The molecule has 1 aliphatic heterocycles. The van der Waals surface area contributed by atoms with Crippen molar-refractivity contribution >= 4 is 27.7 Å². The summed E-state index contributed by atoms with van der Waals surface area (Å²) in [6.07, 6.45) is 0. The predicted molar refractivity (Wildman–Crippen MR) is 66.9 cm³/mol. The van der Waals surface area contributed by atoms with Crippen LogP contribution in [0.25, 0.3) is 0 Å². The van der Waals surface area contributed by atoms with Gasteiger partial charge in [0.25, 0.3) is 5.91 Å². The number of halogens is 2. The van der Waals surface area contributed by atoms with Crippen molar-refractivity contribution in [3.8, 4) is 5.75 Å². The van der Waals surface area contributed by atoms with E-state index in [0.717, 1.165) is 0 Å². The minimum absolute atomic E-state index is 0.00695. The summed E-state index contributed by atoms with van der Waals surface area (Å²) >= 11 is 3.17. The zero-order chi connectivity index (χ0) is 14.0. The minimum Gasteiger partial charge on any atom is -0.492 e. The molecular weight excluding hydrogens is 323 g/mol. The average Bonchev–Trinajstić information content (AvgIpc) is 2.87. The highest BCUT2D eigenvalue weighted by Gasteiger charge is 2.27. The number of carbonyl (C=O) groups excluding carboxylic acids is 1. The Morgan fingerprint density at radius 2 is 2.42 bits per heavy atom. The largest absolute Gasteiger partial charge is 0.492 e. The van der Waals surface area contributed by atoms with Crippen molar-refractivity contribution in [3.63, 3.8) is 0 Å². The fraction of sp³-hybridized carbons (Fsp3) is 0.273. The van der Waals surface area contributed by atoms with Crippen molar-refractivity contribution in [3.05, 3.63) is 28.0 Å². The van der Waals surface area contributed by atoms with Gasteiger partial charge in [0.1, 0.15) is 6.61 Å². The van der Waals surface area contributed by atoms with Gasteiger partial charge in [-0.05, 0) is 28.1 Å². The van der Waals surface area contributed by atoms with Crippen LogP contribution in [0, 0.1) is 5.82 Å². The van der Waals surface area contributed by atoms with E-state index in [1.54, 1.807) is 6.07 Å². The van der Waals surface area contributed by atoms with Gasteiger partial charge in [0.2, 0.25) is 5.90 Å². The number of rotatable bonds is 3. The van der Waals surface area contributed by atoms with E-state index in [0.29, 0.717) is 10.0 Å². The maximum Gasteiger partial charge on any atom is 0.271 e. The van der Waals surface area contributed by atoms with Gasteiger partial charge in [-0.3, -0.25) is 10.0 Å². The zero-order valence-corrected chi connectivity index (χ0v) is 11.4. The lowest BCUT2D eigenvalue weighted by Crippen LogP contribution is -2.31. The first-order valence-corrected chi connectivity index (χ1v) is 6.04. The number of hydrogen-bond donors (Lipinski definition) is 2. The Morgan fingerprint density at radius 3 is 3.00 bits per heavy atom. The molecule has 2 N–H and O–H groups in total. The number of amides is 1. The smallest absolute Gasteiger partial charge is 0.271 e. The number of nitrogens with one attached hydrogen (secondary N) is 1. The fourth-order valence-corrected chi connectivity index (χ4v) is 2.22. The minimum atomic E-state index is -0.844. The lowest BCUT2D eigenvalue weighted by Gasteiger charge is -2.07. The highest BCUT2D eigenvalue weighted by molar-refractivity contribution is 9.10. The second kappa shape index (κ2) is 5.54. The molecule has 1 heterocycles. The molecule has 8 heteroatoms. The van der Waals surface area contributed by atoms with Crippen LogP contribution in [0.4, 0.5) is 4.39 Å². The van der Waals surface area contributed by atoms with E-state index in [1.807, 2.05) is 0 Å². The molecule has 19 heavy (non-hydrogen) atoms. The van der Waals surface area contributed by atoms with Crippen LogP contribution in [0.1, 0.15) is 5.56 Å². The molecule has 1 unspecified atom stereocenters. The summed E-state index contributed by atoms with van der Waals surface area (Å²) in [7, 11) is 1.36. The molecule has 0 aliphatic carbocycles. The number of nitrogens with zero attached hydrogens (tertiary/aromatic N) is 1. The van der Waals surface area contributed by atoms with E-state index >= 15 is 0 Å². The fourth-order valence-electron chi connectivity index (χ4n) is 1.62. The summed E-state index contributed by atoms with van der Waals surface area (Å²) in [5.74, 6) is -1.04. The highest BCUT2D eigenvalue weighted by atomic mass is 79.9. The third kappa shape index (κ3) is 2.69. The number of methoxy groups -OCH3 is 1. The Labute approximate surface area is 116 Å². The molecule has 6 nitrogen and oxygen atoms in total. The van der Waals surface area contributed by atoms with Crippen LogP contribution in [0.3, 0.4) is 0 Å². The molecule has 102 valence electrons. The highest BCUT2D eigenvalue weighted by Crippen LogP contribution is 2.30. The molecular formula is C11H10BrFN2O4. The van der Waals surface area contributed by atoms with Crippen LogP contribution in [-0.2, 0) is 9.53 Å². The normalized spacial score (nSPS) is 17.7. The molecule has 0 saturated heterocycles. The van der Waals surface area contributed by atoms with Gasteiger partial charge in [0.15, 0.2) is 17.6 Å². The molecule has 1 aromatic rings. The van der Waals surface area contributed by atoms with Crippen molar-refractivity contribution < 1.29 is 23.9 Å². The van der Waals surface area contributed by atoms with E-state index in [4.69, 9.17) is 14.7 Å². The standard InChI is InChI=1S/C11H10BrFN2O4/c1-18-9-6(12)2-5(3-7(9)13)11-14-8(4-19-11)10(16)15-17/h2-3,8,17H,4H2,1H3,(H,15,16). The number of carbonyl (C=O) groups is 1. The summed E-state index contributed by atoms with van der Waals surface area (Å²) in [6.45, 7) is -0.00695. The monoisotopic (exact) mass is 332 g/mol. The van der Waals surface area contributed by atoms with E-state index in [9.17, 15) is 9.18 Å². The Balaban J connectivity index is 2.31. The summed E-state index contributed by atoms with van der Waals surface area (Å²) in [5, 5.41) is 8.50. The van der Waals surface area contributed by atoms with Gasteiger partial charge in [0.05, 0.1) is 11.6 Å². The van der Waals surface area contributed by atoms with Crippen molar-refractivity contribution in [1.29, 1.82) is 0 Å². The van der Waals surface area contributed by atoms with Crippen LogP contribution in [0.15, 0.2) is 21.6 Å². The Bertz CT molecular complexity index is 526. The van der Waals surface area contributed by atoms with Gasteiger partial charge < -0.3 is 9.47 Å². The molecule has 0 bridgehead atoms. The number of hydrogen-bond acceptors (Lipinski definition) is 5. The second-order valence-electron chi connectivity index (χ2n) is 3.71. The number of hydroxylamine groups is 1. The third-order valence-electron chi connectivity index (χ3n) is 2.51. The molecule has 0 spiro atoms. The lowest BCUT2D eigenvalue weighted by atomic mass is 10.2. The topological polar surface area (TPSA) is 80.2 Å². The molecule has 1 atom stereocenters. The van der Waals surface area contributed by atoms with Gasteiger partial charge in [-0.25, -0.2) is 14.9 Å². The van der Waals surface area contributed by atoms with Crippen LogP contribution in [0.2, 0.25) is 0 Å². The Morgan fingerprint density at radius 1 is 1.68 bits per heavy atom. The molecule has 1 aliphatic rings. The maximum absolute atomic E-state index is 13.7. The van der Waals surface area contributed by atoms with E-state index < -0.39 is 17.8 Å². The van der Waals surface area contributed by atoms with Crippen LogP contribution in [0.5, 0.6) is 5.75 Å².